The molecule has 3 nitrogen and oxygen atoms in total. The zero-order valence-electron chi connectivity index (χ0n) is 10.7. The predicted octanol–water partition coefficient (Wildman–Crippen LogP) is 3.60. The van der Waals surface area contributed by atoms with Gasteiger partial charge in [0.2, 0.25) is 0 Å². The first-order valence-electron chi connectivity index (χ1n) is 5.97. The van der Waals surface area contributed by atoms with Gasteiger partial charge in [0.15, 0.2) is 0 Å². The molecule has 0 unspecified atom stereocenters. The highest BCUT2D eigenvalue weighted by molar-refractivity contribution is 9.11. The average Bonchev–Trinajstić information content (AvgIpc) is 2.83. The number of nitrogens with two attached hydrogens (primary N) is 1. The van der Waals surface area contributed by atoms with Gasteiger partial charge in [-0.15, -0.1) is 11.3 Å². The van der Waals surface area contributed by atoms with Crippen LogP contribution in [0.3, 0.4) is 0 Å². The molecule has 1 heterocycles. The second-order valence-electron chi connectivity index (χ2n) is 4.01. The van der Waals surface area contributed by atoms with Gasteiger partial charge in [-0.1, -0.05) is 6.07 Å². The summed E-state index contributed by atoms with van der Waals surface area (Å²) in [5.41, 5.74) is 6.73. The number of benzene rings is 1. The van der Waals surface area contributed by atoms with Crippen LogP contribution in [0.5, 0.6) is 11.5 Å². The smallest absolute Gasteiger partial charge is 0.126 e. The summed E-state index contributed by atoms with van der Waals surface area (Å²) >= 11 is 5.12. The molecule has 0 aliphatic rings. The van der Waals surface area contributed by atoms with Crippen molar-refractivity contribution in [2.45, 2.75) is 13.0 Å². The molecule has 1 aromatic carbocycles. The van der Waals surface area contributed by atoms with Crippen LogP contribution in [-0.2, 0) is 13.0 Å². The topological polar surface area (TPSA) is 44.5 Å². The maximum absolute atomic E-state index is 5.89. The number of rotatable bonds is 6. The molecule has 102 valence electrons. The van der Waals surface area contributed by atoms with Gasteiger partial charge in [0.1, 0.15) is 18.1 Å². The summed E-state index contributed by atoms with van der Waals surface area (Å²) in [6, 6.07) is 9.92. The summed E-state index contributed by atoms with van der Waals surface area (Å²) in [7, 11) is 1.65. The van der Waals surface area contributed by atoms with Gasteiger partial charge in [-0.25, -0.2) is 0 Å². The Labute approximate surface area is 125 Å². The van der Waals surface area contributed by atoms with Crippen LogP contribution < -0.4 is 15.2 Å². The Hall–Kier alpha value is -1.04. The van der Waals surface area contributed by atoms with Crippen molar-refractivity contribution in [1.29, 1.82) is 0 Å². The van der Waals surface area contributed by atoms with E-state index in [1.54, 1.807) is 18.4 Å². The van der Waals surface area contributed by atoms with E-state index in [2.05, 4.69) is 22.0 Å². The van der Waals surface area contributed by atoms with Crippen molar-refractivity contribution in [3.63, 3.8) is 0 Å². The van der Waals surface area contributed by atoms with Crippen molar-refractivity contribution in [2.24, 2.45) is 5.73 Å². The van der Waals surface area contributed by atoms with Gasteiger partial charge >= 0.3 is 0 Å². The Morgan fingerprint density at radius 3 is 2.74 bits per heavy atom. The molecule has 0 amide bonds. The third kappa shape index (κ3) is 3.96. The minimum atomic E-state index is 0.557. The summed E-state index contributed by atoms with van der Waals surface area (Å²) in [5, 5.41) is 0. The SMILES string of the molecule is COc1ccc(CCN)c(OCc2ccc(Br)s2)c1. The quantitative estimate of drug-likeness (QED) is 0.872. The van der Waals surface area contributed by atoms with E-state index in [-0.39, 0.29) is 0 Å². The van der Waals surface area contributed by atoms with E-state index < -0.39 is 0 Å². The largest absolute Gasteiger partial charge is 0.497 e. The van der Waals surface area contributed by atoms with Crippen LogP contribution in [0.15, 0.2) is 34.1 Å². The second-order valence-corrected chi connectivity index (χ2v) is 6.55. The minimum absolute atomic E-state index is 0.557. The first-order valence-corrected chi connectivity index (χ1v) is 7.58. The van der Waals surface area contributed by atoms with Crippen molar-refractivity contribution in [1.82, 2.24) is 0 Å². The lowest BCUT2D eigenvalue weighted by Gasteiger charge is -2.12. The second kappa shape index (κ2) is 6.93. The predicted molar refractivity (Wildman–Crippen MR) is 82.1 cm³/mol. The third-order valence-corrected chi connectivity index (χ3v) is 4.28. The lowest BCUT2D eigenvalue weighted by atomic mass is 10.1. The highest BCUT2D eigenvalue weighted by atomic mass is 79.9. The molecule has 2 N–H and O–H groups in total. The van der Waals surface area contributed by atoms with E-state index in [9.17, 15) is 0 Å². The van der Waals surface area contributed by atoms with Crippen LogP contribution in [0.2, 0.25) is 0 Å². The van der Waals surface area contributed by atoms with Crippen LogP contribution in [0.1, 0.15) is 10.4 Å². The Kier molecular flexibility index (Phi) is 5.24. The van der Waals surface area contributed by atoms with Crippen LogP contribution >= 0.6 is 27.3 Å². The van der Waals surface area contributed by atoms with Gasteiger partial charge in [0, 0.05) is 10.9 Å². The lowest BCUT2D eigenvalue weighted by molar-refractivity contribution is 0.304. The van der Waals surface area contributed by atoms with Gasteiger partial charge in [-0.3, -0.25) is 0 Å². The van der Waals surface area contributed by atoms with Crippen molar-refractivity contribution < 1.29 is 9.47 Å². The molecule has 0 aliphatic carbocycles. The van der Waals surface area contributed by atoms with Gasteiger partial charge in [-0.05, 0) is 52.7 Å². The number of thiophene rings is 1. The molecular formula is C14H16BrNO2S. The Balaban J connectivity index is 2.12. The van der Waals surface area contributed by atoms with E-state index in [0.717, 1.165) is 27.3 Å². The molecule has 0 saturated carbocycles. The van der Waals surface area contributed by atoms with Crippen molar-refractivity contribution >= 4 is 27.3 Å². The summed E-state index contributed by atoms with van der Waals surface area (Å²) in [6.07, 6.45) is 0.799. The lowest BCUT2D eigenvalue weighted by Crippen LogP contribution is -2.05. The van der Waals surface area contributed by atoms with Crippen molar-refractivity contribution in [2.75, 3.05) is 13.7 Å². The molecule has 19 heavy (non-hydrogen) atoms. The van der Waals surface area contributed by atoms with E-state index >= 15 is 0 Å². The molecule has 0 saturated heterocycles. The molecule has 1 aromatic heterocycles. The Morgan fingerprint density at radius 1 is 1.26 bits per heavy atom. The molecule has 0 spiro atoms. The average molecular weight is 342 g/mol. The molecule has 0 atom stereocenters. The molecule has 2 aromatic rings. The van der Waals surface area contributed by atoms with Crippen LogP contribution in [0.4, 0.5) is 0 Å². The van der Waals surface area contributed by atoms with Crippen LogP contribution in [-0.4, -0.2) is 13.7 Å². The minimum Gasteiger partial charge on any atom is -0.497 e. The fourth-order valence-electron chi connectivity index (χ4n) is 1.74. The summed E-state index contributed by atoms with van der Waals surface area (Å²) < 4.78 is 12.2. The summed E-state index contributed by atoms with van der Waals surface area (Å²) in [6.45, 7) is 1.16. The zero-order valence-corrected chi connectivity index (χ0v) is 13.1. The molecule has 0 fully saturated rings. The van der Waals surface area contributed by atoms with Gasteiger partial charge < -0.3 is 15.2 Å². The number of ether oxygens (including phenoxy) is 2. The first kappa shape index (κ1) is 14.4. The zero-order chi connectivity index (χ0) is 13.7. The van der Waals surface area contributed by atoms with Gasteiger partial charge in [0.05, 0.1) is 10.9 Å². The Morgan fingerprint density at radius 2 is 2.11 bits per heavy atom. The first-order chi connectivity index (χ1) is 9.22. The summed E-state index contributed by atoms with van der Waals surface area (Å²) in [4.78, 5) is 1.17. The molecule has 5 heteroatoms. The highest BCUT2D eigenvalue weighted by Gasteiger charge is 2.07. The van der Waals surface area contributed by atoms with E-state index in [1.807, 2.05) is 24.3 Å². The monoisotopic (exact) mass is 341 g/mol. The maximum atomic E-state index is 5.89. The summed E-state index contributed by atoms with van der Waals surface area (Å²) in [5.74, 6) is 1.64. The van der Waals surface area contributed by atoms with Gasteiger partial charge in [-0.2, -0.15) is 0 Å². The highest BCUT2D eigenvalue weighted by Crippen LogP contribution is 2.28. The molecule has 0 radical (unpaired) electrons. The van der Waals surface area contributed by atoms with E-state index in [0.29, 0.717) is 13.2 Å². The van der Waals surface area contributed by atoms with Crippen molar-refractivity contribution in [3.8, 4) is 11.5 Å². The standard InChI is InChI=1S/C14H16BrNO2S/c1-17-11-3-2-10(6-7-16)13(8-11)18-9-12-4-5-14(15)19-12/h2-5,8H,6-7,9,16H2,1H3. The van der Waals surface area contributed by atoms with E-state index in [1.165, 1.54) is 4.88 Å². The molecule has 2 rings (SSSR count). The normalized spacial score (nSPS) is 10.5. The van der Waals surface area contributed by atoms with Crippen LogP contribution in [0, 0.1) is 0 Å². The Bertz CT molecular complexity index is 542. The number of hydrogen-bond donors (Lipinski definition) is 1. The molecule has 0 aliphatic heterocycles. The maximum Gasteiger partial charge on any atom is 0.126 e. The number of halogens is 1. The molecule has 0 bridgehead atoms. The number of hydrogen-bond acceptors (Lipinski definition) is 4. The van der Waals surface area contributed by atoms with E-state index in [4.69, 9.17) is 15.2 Å². The van der Waals surface area contributed by atoms with Crippen molar-refractivity contribution in [3.05, 3.63) is 44.6 Å². The van der Waals surface area contributed by atoms with Crippen LogP contribution in [0.25, 0.3) is 0 Å². The fourth-order valence-corrected chi connectivity index (χ4v) is 3.13. The molecular weight excluding hydrogens is 326 g/mol. The number of methoxy groups -OCH3 is 1. The fraction of sp³-hybridized carbons (Fsp3) is 0.286. The van der Waals surface area contributed by atoms with Gasteiger partial charge in [0.25, 0.3) is 0 Å². The third-order valence-electron chi connectivity index (χ3n) is 2.69.